The molecule has 0 saturated heterocycles. The molecule has 0 fully saturated rings. The molecule has 7 heteroatoms. The van der Waals surface area contributed by atoms with Crippen LogP contribution in [0.2, 0.25) is 5.02 Å². The van der Waals surface area contributed by atoms with Gasteiger partial charge in [-0.25, -0.2) is 13.1 Å². The van der Waals surface area contributed by atoms with Gasteiger partial charge in [-0.1, -0.05) is 11.6 Å². The average molecular weight is 315 g/mol. The number of nitrogen functional groups attached to an aromatic ring is 1. The Bertz CT molecular complexity index is 715. The number of hydrogen-bond donors (Lipinski definition) is 2. The summed E-state index contributed by atoms with van der Waals surface area (Å²) in [4.78, 5) is 0.0835. The van der Waals surface area contributed by atoms with Gasteiger partial charge in [0.15, 0.2) is 0 Å². The van der Waals surface area contributed by atoms with Crippen molar-refractivity contribution in [3.63, 3.8) is 0 Å². The van der Waals surface area contributed by atoms with Crippen molar-refractivity contribution >= 4 is 27.3 Å². The predicted molar refractivity (Wildman–Crippen MR) is 78.1 cm³/mol. The monoisotopic (exact) mass is 314 g/mol. The van der Waals surface area contributed by atoms with E-state index in [4.69, 9.17) is 21.8 Å². The summed E-state index contributed by atoms with van der Waals surface area (Å²) in [5, 5.41) is 0.366. The zero-order valence-corrected chi connectivity index (χ0v) is 12.7. The second-order valence-electron chi connectivity index (χ2n) is 4.48. The third-order valence-electron chi connectivity index (χ3n) is 2.80. The lowest BCUT2D eigenvalue weighted by Gasteiger charge is -2.09. The summed E-state index contributed by atoms with van der Waals surface area (Å²) < 4.78 is 32.1. The molecule has 20 heavy (non-hydrogen) atoms. The van der Waals surface area contributed by atoms with E-state index in [1.54, 1.807) is 26.0 Å². The highest BCUT2D eigenvalue weighted by molar-refractivity contribution is 7.89. The maximum absolute atomic E-state index is 12.2. The minimum atomic E-state index is -3.66. The van der Waals surface area contributed by atoms with Crippen LogP contribution in [0.15, 0.2) is 33.6 Å². The van der Waals surface area contributed by atoms with E-state index < -0.39 is 10.0 Å². The standard InChI is InChI=1S/C13H15ClN2O3S/c1-8-5-11(6-12(15)13(8)14)20(17,18)16-7-10-4-3-9(2)19-10/h3-6,16H,7,15H2,1-2H3. The number of nitrogens with one attached hydrogen (secondary N) is 1. The zero-order valence-electron chi connectivity index (χ0n) is 11.1. The van der Waals surface area contributed by atoms with Gasteiger partial charge in [-0.2, -0.15) is 0 Å². The Balaban J connectivity index is 2.22. The van der Waals surface area contributed by atoms with Crippen molar-refractivity contribution in [3.05, 3.63) is 46.4 Å². The molecule has 0 unspecified atom stereocenters. The molecule has 0 aliphatic carbocycles. The maximum atomic E-state index is 12.2. The van der Waals surface area contributed by atoms with Gasteiger partial charge in [0.25, 0.3) is 0 Å². The number of rotatable bonds is 4. The second-order valence-corrected chi connectivity index (χ2v) is 6.63. The van der Waals surface area contributed by atoms with Crippen LogP contribution >= 0.6 is 11.6 Å². The third kappa shape index (κ3) is 3.15. The summed E-state index contributed by atoms with van der Waals surface area (Å²) in [6.45, 7) is 3.58. The fraction of sp³-hybridized carbons (Fsp3) is 0.231. The minimum absolute atomic E-state index is 0.0811. The molecule has 2 rings (SSSR count). The van der Waals surface area contributed by atoms with Crippen molar-refractivity contribution in [3.8, 4) is 0 Å². The number of aryl methyl sites for hydroxylation is 2. The molecule has 2 aromatic rings. The van der Waals surface area contributed by atoms with Gasteiger partial charge in [-0.15, -0.1) is 0 Å². The van der Waals surface area contributed by atoms with E-state index in [1.807, 2.05) is 0 Å². The van der Waals surface area contributed by atoms with Gasteiger partial charge in [-0.05, 0) is 43.7 Å². The van der Waals surface area contributed by atoms with Crippen LogP contribution in [0.3, 0.4) is 0 Å². The Morgan fingerprint density at radius 3 is 2.55 bits per heavy atom. The molecule has 0 aliphatic rings. The number of hydrogen-bond acceptors (Lipinski definition) is 4. The first kappa shape index (κ1) is 14.9. The Morgan fingerprint density at radius 1 is 1.30 bits per heavy atom. The molecule has 1 heterocycles. The number of halogens is 1. The molecule has 108 valence electrons. The van der Waals surface area contributed by atoms with Gasteiger partial charge in [0, 0.05) is 0 Å². The molecular weight excluding hydrogens is 300 g/mol. The van der Waals surface area contributed by atoms with Crippen LogP contribution in [0.4, 0.5) is 5.69 Å². The smallest absolute Gasteiger partial charge is 0.241 e. The summed E-state index contributed by atoms with van der Waals surface area (Å²) >= 11 is 5.92. The zero-order chi connectivity index (χ0) is 14.9. The van der Waals surface area contributed by atoms with Gasteiger partial charge in [-0.3, -0.25) is 0 Å². The Hall–Kier alpha value is -1.50. The van der Waals surface area contributed by atoms with Crippen LogP contribution in [0.5, 0.6) is 0 Å². The third-order valence-corrected chi connectivity index (χ3v) is 4.70. The Labute approximate surface area is 122 Å². The van der Waals surface area contributed by atoms with Crippen molar-refractivity contribution in [1.29, 1.82) is 0 Å². The van der Waals surface area contributed by atoms with Crippen LogP contribution in [0, 0.1) is 13.8 Å². The number of nitrogens with two attached hydrogens (primary N) is 1. The van der Waals surface area contributed by atoms with E-state index in [9.17, 15) is 8.42 Å². The lowest BCUT2D eigenvalue weighted by atomic mass is 10.2. The maximum Gasteiger partial charge on any atom is 0.241 e. The van der Waals surface area contributed by atoms with E-state index in [2.05, 4.69) is 4.72 Å². The SMILES string of the molecule is Cc1ccc(CNS(=O)(=O)c2cc(C)c(Cl)c(N)c2)o1. The van der Waals surface area contributed by atoms with E-state index in [1.165, 1.54) is 12.1 Å². The van der Waals surface area contributed by atoms with Crippen LogP contribution < -0.4 is 10.5 Å². The van der Waals surface area contributed by atoms with E-state index >= 15 is 0 Å². The highest BCUT2D eigenvalue weighted by atomic mass is 35.5. The summed E-state index contributed by atoms with van der Waals surface area (Å²) in [5.41, 5.74) is 6.53. The van der Waals surface area contributed by atoms with Crippen LogP contribution in [-0.2, 0) is 16.6 Å². The van der Waals surface area contributed by atoms with Crippen LogP contribution in [0.1, 0.15) is 17.1 Å². The number of anilines is 1. The molecule has 0 radical (unpaired) electrons. The molecule has 0 atom stereocenters. The molecule has 3 N–H and O–H groups in total. The van der Waals surface area contributed by atoms with Crippen LogP contribution in [0.25, 0.3) is 0 Å². The first-order chi connectivity index (χ1) is 9.29. The lowest BCUT2D eigenvalue weighted by molar-refractivity contribution is 0.475. The number of furan rings is 1. The fourth-order valence-corrected chi connectivity index (χ4v) is 2.97. The number of sulfonamides is 1. The van der Waals surface area contributed by atoms with Gasteiger partial charge in [0.2, 0.25) is 10.0 Å². The topological polar surface area (TPSA) is 85.3 Å². The highest BCUT2D eigenvalue weighted by Gasteiger charge is 2.17. The molecule has 0 saturated carbocycles. The molecule has 5 nitrogen and oxygen atoms in total. The van der Waals surface area contributed by atoms with Crippen molar-refractivity contribution in [2.75, 3.05) is 5.73 Å². The first-order valence-electron chi connectivity index (χ1n) is 5.90. The van der Waals surface area contributed by atoms with Gasteiger partial charge >= 0.3 is 0 Å². The van der Waals surface area contributed by atoms with Gasteiger partial charge in [0.05, 0.1) is 22.2 Å². The molecule has 1 aromatic heterocycles. The molecule has 1 aromatic carbocycles. The summed E-state index contributed by atoms with van der Waals surface area (Å²) in [7, 11) is -3.66. The average Bonchev–Trinajstić information content (AvgIpc) is 2.79. The first-order valence-corrected chi connectivity index (χ1v) is 7.76. The van der Waals surface area contributed by atoms with Crippen molar-refractivity contribution in [2.45, 2.75) is 25.3 Å². The molecular formula is C13H15ClN2O3S. The minimum Gasteiger partial charge on any atom is -0.465 e. The molecule has 0 amide bonds. The van der Waals surface area contributed by atoms with E-state index in [-0.39, 0.29) is 17.1 Å². The second kappa shape index (κ2) is 5.47. The lowest BCUT2D eigenvalue weighted by Crippen LogP contribution is -2.23. The highest BCUT2D eigenvalue weighted by Crippen LogP contribution is 2.26. The van der Waals surface area contributed by atoms with Crippen molar-refractivity contribution in [1.82, 2.24) is 4.72 Å². The van der Waals surface area contributed by atoms with Gasteiger partial charge < -0.3 is 10.2 Å². The number of benzene rings is 1. The van der Waals surface area contributed by atoms with Crippen LogP contribution in [-0.4, -0.2) is 8.42 Å². The summed E-state index contributed by atoms with van der Waals surface area (Å²) in [6.07, 6.45) is 0. The van der Waals surface area contributed by atoms with Gasteiger partial charge in [0.1, 0.15) is 11.5 Å². The quantitative estimate of drug-likeness (QED) is 0.849. The predicted octanol–water partition coefficient (Wildman–Crippen LogP) is 2.61. The largest absolute Gasteiger partial charge is 0.465 e. The summed E-state index contributed by atoms with van der Waals surface area (Å²) in [5.74, 6) is 1.27. The summed E-state index contributed by atoms with van der Waals surface area (Å²) in [6, 6.07) is 6.31. The molecule has 0 bridgehead atoms. The van der Waals surface area contributed by atoms with Crippen molar-refractivity contribution in [2.24, 2.45) is 0 Å². The normalized spacial score (nSPS) is 11.8. The Kier molecular flexibility index (Phi) is 4.08. The molecule has 0 aliphatic heterocycles. The Morgan fingerprint density at radius 2 is 2.00 bits per heavy atom. The molecule has 0 spiro atoms. The fourth-order valence-electron chi connectivity index (χ4n) is 1.75. The van der Waals surface area contributed by atoms with Crippen molar-refractivity contribution < 1.29 is 12.8 Å². The van der Waals surface area contributed by atoms with E-state index in [0.29, 0.717) is 16.3 Å². The van der Waals surface area contributed by atoms with E-state index in [0.717, 1.165) is 5.76 Å².